The van der Waals surface area contributed by atoms with E-state index in [2.05, 4.69) is 15.2 Å². The van der Waals surface area contributed by atoms with Gasteiger partial charge in [0.05, 0.1) is 22.3 Å². The van der Waals surface area contributed by atoms with E-state index in [1.165, 1.54) is 20.2 Å². The highest BCUT2D eigenvalue weighted by Crippen LogP contribution is 2.28. The number of carbonyl (C=O) groups excluding carboxylic acids is 1. The Kier molecular flexibility index (Phi) is 5.24. The molecule has 1 aromatic carbocycles. The van der Waals surface area contributed by atoms with Crippen molar-refractivity contribution >= 4 is 27.3 Å². The van der Waals surface area contributed by atoms with Crippen LogP contribution in [0.2, 0.25) is 0 Å². The fraction of sp³-hybridized carbons (Fsp3) is 0.333. The maximum absolute atomic E-state index is 12.9. The van der Waals surface area contributed by atoms with E-state index in [1.807, 2.05) is 0 Å². The molecular formula is C18H22N4O3S. The molecule has 0 spiro atoms. The monoisotopic (exact) mass is 374 g/mol. The minimum Gasteiger partial charge on any atom is -0.371 e. The van der Waals surface area contributed by atoms with Gasteiger partial charge < -0.3 is 10.2 Å². The number of aromatic nitrogens is 1. The predicted octanol–water partition coefficient (Wildman–Crippen LogP) is 2.18. The van der Waals surface area contributed by atoms with Gasteiger partial charge in [-0.05, 0) is 43.2 Å². The molecule has 1 fully saturated rings. The molecule has 2 heterocycles. The normalized spacial score (nSPS) is 14.7. The Balaban J connectivity index is 2.02. The van der Waals surface area contributed by atoms with Crippen LogP contribution in [0.1, 0.15) is 23.2 Å². The first-order valence-electron chi connectivity index (χ1n) is 8.42. The zero-order valence-electron chi connectivity index (χ0n) is 14.8. The van der Waals surface area contributed by atoms with E-state index in [0.29, 0.717) is 11.3 Å². The summed E-state index contributed by atoms with van der Waals surface area (Å²) in [5.74, 6) is -0.351. The molecule has 0 saturated carbocycles. The molecule has 0 aliphatic carbocycles. The van der Waals surface area contributed by atoms with Gasteiger partial charge in [0.15, 0.2) is 0 Å². The topological polar surface area (TPSA) is 82.6 Å². The highest BCUT2D eigenvalue weighted by atomic mass is 32.2. The Bertz CT molecular complexity index is 892. The van der Waals surface area contributed by atoms with Crippen LogP contribution in [0.3, 0.4) is 0 Å². The summed E-state index contributed by atoms with van der Waals surface area (Å²) in [5, 5.41) is 2.79. The Morgan fingerprint density at radius 1 is 1.19 bits per heavy atom. The van der Waals surface area contributed by atoms with Crippen LogP contribution in [0.15, 0.2) is 47.6 Å². The van der Waals surface area contributed by atoms with Crippen LogP contribution in [0.5, 0.6) is 0 Å². The van der Waals surface area contributed by atoms with E-state index < -0.39 is 10.0 Å². The van der Waals surface area contributed by atoms with Crippen molar-refractivity contribution < 1.29 is 13.2 Å². The number of sulfonamides is 1. The quantitative estimate of drug-likeness (QED) is 0.867. The molecule has 0 radical (unpaired) electrons. The molecule has 1 aromatic heterocycles. The lowest BCUT2D eigenvalue weighted by molar-refractivity contribution is 0.102. The van der Waals surface area contributed by atoms with E-state index in [-0.39, 0.29) is 10.8 Å². The van der Waals surface area contributed by atoms with Gasteiger partial charge in [-0.3, -0.25) is 9.78 Å². The highest BCUT2D eigenvalue weighted by Gasteiger charge is 2.24. The SMILES string of the molecule is CN(C)S(=O)(=O)c1ccc(N2CCCC2)c(C(=O)Nc2cccnc2)c1. The molecule has 2 aromatic rings. The maximum Gasteiger partial charge on any atom is 0.257 e. The number of anilines is 2. The number of nitrogens with zero attached hydrogens (tertiary/aromatic N) is 3. The van der Waals surface area contributed by atoms with Gasteiger partial charge in [-0.25, -0.2) is 12.7 Å². The summed E-state index contributed by atoms with van der Waals surface area (Å²) in [4.78, 5) is 19.1. The van der Waals surface area contributed by atoms with Crippen molar-refractivity contribution in [3.63, 3.8) is 0 Å². The summed E-state index contributed by atoms with van der Waals surface area (Å²) in [6, 6.07) is 8.20. The van der Waals surface area contributed by atoms with E-state index >= 15 is 0 Å². The van der Waals surface area contributed by atoms with Gasteiger partial charge in [-0.1, -0.05) is 0 Å². The molecule has 1 N–H and O–H groups in total. The number of nitrogens with one attached hydrogen (secondary N) is 1. The summed E-state index contributed by atoms with van der Waals surface area (Å²) in [6.45, 7) is 1.71. The van der Waals surface area contributed by atoms with Crippen LogP contribution in [-0.2, 0) is 10.0 Å². The van der Waals surface area contributed by atoms with Crippen LogP contribution in [0.4, 0.5) is 11.4 Å². The predicted molar refractivity (Wildman–Crippen MR) is 101 cm³/mol. The Morgan fingerprint density at radius 2 is 1.92 bits per heavy atom. The number of pyridine rings is 1. The van der Waals surface area contributed by atoms with Crippen molar-refractivity contribution in [3.05, 3.63) is 48.3 Å². The summed E-state index contributed by atoms with van der Waals surface area (Å²) in [6.07, 6.45) is 5.28. The van der Waals surface area contributed by atoms with Crippen molar-refractivity contribution in [2.24, 2.45) is 0 Å². The third kappa shape index (κ3) is 3.71. The standard InChI is InChI=1S/C18H22N4O3S/c1-21(2)26(24,25)15-7-8-17(22-10-3-4-11-22)16(12-15)18(23)20-14-6-5-9-19-13-14/h5-9,12-13H,3-4,10-11H2,1-2H3,(H,20,23). The molecular weight excluding hydrogens is 352 g/mol. The number of carbonyl (C=O) groups is 1. The number of hydrogen-bond acceptors (Lipinski definition) is 5. The van der Waals surface area contributed by atoms with Gasteiger partial charge in [0, 0.05) is 39.1 Å². The second kappa shape index (κ2) is 7.43. The first-order valence-corrected chi connectivity index (χ1v) is 9.86. The van der Waals surface area contributed by atoms with Crippen LogP contribution < -0.4 is 10.2 Å². The lowest BCUT2D eigenvalue weighted by Crippen LogP contribution is -2.25. The van der Waals surface area contributed by atoms with Crippen molar-refractivity contribution in [3.8, 4) is 0 Å². The molecule has 7 nitrogen and oxygen atoms in total. The number of amides is 1. The fourth-order valence-corrected chi connectivity index (χ4v) is 3.87. The van der Waals surface area contributed by atoms with E-state index in [1.54, 1.807) is 36.7 Å². The van der Waals surface area contributed by atoms with E-state index in [0.717, 1.165) is 35.9 Å². The van der Waals surface area contributed by atoms with Crippen LogP contribution in [0.25, 0.3) is 0 Å². The maximum atomic E-state index is 12.9. The molecule has 1 saturated heterocycles. The molecule has 0 bridgehead atoms. The van der Waals surface area contributed by atoms with E-state index in [9.17, 15) is 13.2 Å². The second-order valence-electron chi connectivity index (χ2n) is 6.36. The second-order valence-corrected chi connectivity index (χ2v) is 8.51. The lowest BCUT2D eigenvalue weighted by Gasteiger charge is -2.22. The summed E-state index contributed by atoms with van der Waals surface area (Å²) < 4.78 is 26.1. The number of benzene rings is 1. The van der Waals surface area contributed by atoms with Gasteiger partial charge in [0.1, 0.15) is 0 Å². The molecule has 0 unspecified atom stereocenters. The summed E-state index contributed by atoms with van der Waals surface area (Å²) in [7, 11) is -0.681. The van der Waals surface area contributed by atoms with Crippen molar-refractivity contribution in [1.82, 2.24) is 9.29 Å². The van der Waals surface area contributed by atoms with Gasteiger partial charge in [0.25, 0.3) is 5.91 Å². The summed E-state index contributed by atoms with van der Waals surface area (Å²) >= 11 is 0. The fourth-order valence-electron chi connectivity index (χ4n) is 2.94. The van der Waals surface area contributed by atoms with Crippen molar-refractivity contribution in [2.45, 2.75) is 17.7 Å². The zero-order chi connectivity index (χ0) is 18.7. The smallest absolute Gasteiger partial charge is 0.257 e. The Morgan fingerprint density at radius 3 is 2.54 bits per heavy atom. The minimum atomic E-state index is -3.62. The number of rotatable bonds is 5. The molecule has 138 valence electrons. The molecule has 8 heteroatoms. The molecule has 3 rings (SSSR count). The first kappa shape index (κ1) is 18.3. The third-order valence-electron chi connectivity index (χ3n) is 4.36. The Labute approximate surface area is 153 Å². The average molecular weight is 374 g/mol. The zero-order valence-corrected chi connectivity index (χ0v) is 15.7. The van der Waals surface area contributed by atoms with Gasteiger partial charge in [-0.15, -0.1) is 0 Å². The largest absolute Gasteiger partial charge is 0.371 e. The Hall–Kier alpha value is -2.45. The van der Waals surface area contributed by atoms with E-state index in [4.69, 9.17) is 0 Å². The molecule has 0 atom stereocenters. The van der Waals surface area contributed by atoms with Crippen molar-refractivity contribution in [2.75, 3.05) is 37.4 Å². The molecule has 1 aliphatic rings. The molecule has 1 aliphatic heterocycles. The molecule has 26 heavy (non-hydrogen) atoms. The summed E-state index contributed by atoms with van der Waals surface area (Å²) in [5.41, 5.74) is 1.66. The number of hydrogen-bond donors (Lipinski definition) is 1. The van der Waals surface area contributed by atoms with Gasteiger partial charge in [0.2, 0.25) is 10.0 Å². The third-order valence-corrected chi connectivity index (χ3v) is 6.17. The first-order chi connectivity index (χ1) is 12.4. The van der Waals surface area contributed by atoms with Crippen LogP contribution in [0, 0.1) is 0 Å². The minimum absolute atomic E-state index is 0.0989. The van der Waals surface area contributed by atoms with Gasteiger partial charge >= 0.3 is 0 Å². The van der Waals surface area contributed by atoms with Crippen LogP contribution >= 0.6 is 0 Å². The van der Waals surface area contributed by atoms with Crippen molar-refractivity contribution in [1.29, 1.82) is 0 Å². The molecule has 1 amide bonds. The lowest BCUT2D eigenvalue weighted by atomic mass is 10.1. The highest BCUT2D eigenvalue weighted by molar-refractivity contribution is 7.89. The van der Waals surface area contributed by atoms with Gasteiger partial charge in [-0.2, -0.15) is 0 Å². The van der Waals surface area contributed by atoms with Crippen LogP contribution in [-0.4, -0.2) is 50.8 Å². The average Bonchev–Trinajstić information content (AvgIpc) is 3.16.